The van der Waals surface area contributed by atoms with Crippen molar-refractivity contribution >= 4 is 17.3 Å². The van der Waals surface area contributed by atoms with Gasteiger partial charge in [-0.25, -0.2) is 11.4 Å². The van der Waals surface area contributed by atoms with Crippen LogP contribution in [0.4, 0.5) is 0 Å². The van der Waals surface area contributed by atoms with E-state index < -0.39 is 0 Å². The Bertz CT molecular complexity index is 338. The first kappa shape index (κ1) is 9.75. The molecule has 1 aromatic heterocycles. The van der Waals surface area contributed by atoms with Gasteiger partial charge in [-0.2, -0.15) is 0 Å². The van der Waals surface area contributed by atoms with Crippen LogP contribution in [0.2, 0.25) is 0 Å². The number of hydrogen-bond acceptors (Lipinski definition) is 3. The maximum atomic E-state index is 11.0. The van der Waals surface area contributed by atoms with Crippen LogP contribution in [-0.4, -0.2) is 19.6 Å². The molecular weight excluding hydrogens is 186 g/mol. The van der Waals surface area contributed by atoms with Gasteiger partial charge in [0.25, 0.3) is 0 Å². The van der Waals surface area contributed by atoms with Gasteiger partial charge in [0.1, 0.15) is 0 Å². The number of carbonyl (C=O) groups is 1. The molecule has 4 heteroatoms. The zero-order valence-electron chi connectivity index (χ0n) is 7.24. The number of methoxy groups -OCH3 is 1. The summed E-state index contributed by atoms with van der Waals surface area (Å²) in [5, 5.41) is 1.76. The van der Waals surface area contributed by atoms with Gasteiger partial charge in [0.05, 0.1) is 19.1 Å². The van der Waals surface area contributed by atoms with Crippen LogP contribution in [0.5, 0.6) is 0 Å². The van der Waals surface area contributed by atoms with E-state index in [-0.39, 0.29) is 5.97 Å². The van der Waals surface area contributed by atoms with Crippen LogP contribution in [0.15, 0.2) is 11.4 Å². The minimum absolute atomic E-state index is 0.315. The Labute approximate surface area is 80.8 Å². The summed E-state index contributed by atoms with van der Waals surface area (Å²) in [4.78, 5) is 15.3. The topological polar surface area (TPSA) is 30.7 Å². The lowest BCUT2D eigenvalue weighted by Gasteiger charge is -1.91. The van der Waals surface area contributed by atoms with Gasteiger partial charge in [0, 0.05) is 10.3 Å². The molecule has 0 amide bonds. The summed E-state index contributed by atoms with van der Waals surface area (Å²) in [6.07, 6.45) is 0.713. The van der Waals surface area contributed by atoms with Crippen LogP contribution in [0.1, 0.15) is 15.2 Å². The van der Waals surface area contributed by atoms with Gasteiger partial charge in [-0.1, -0.05) is 0 Å². The molecular formula is C9H9NO2S. The van der Waals surface area contributed by atoms with Gasteiger partial charge >= 0.3 is 5.97 Å². The predicted octanol–water partition coefficient (Wildman–Crippen LogP) is 2.00. The largest absolute Gasteiger partial charge is 0.465 e. The Hall–Kier alpha value is -1.34. The average Bonchev–Trinajstić information content (AvgIpc) is 2.62. The minimum Gasteiger partial charge on any atom is -0.465 e. The van der Waals surface area contributed by atoms with E-state index >= 15 is 0 Å². The predicted molar refractivity (Wildman–Crippen MR) is 50.8 cm³/mol. The molecule has 0 unspecified atom stereocenters. The van der Waals surface area contributed by atoms with Gasteiger partial charge in [-0.15, -0.1) is 11.3 Å². The van der Waals surface area contributed by atoms with Gasteiger partial charge in [0.15, 0.2) is 0 Å². The van der Waals surface area contributed by atoms with Crippen LogP contribution in [0.3, 0.4) is 0 Å². The van der Waals surface area contributed by atoms with E-state index in [1.807, 2.05) is 0 Å². The van der Waals surface area contributed by atoms with Gasteiger partial charge in [-0.3, -0.25) is 0 Å². The molecule has 0 spiro atoms. The number of esters is 1. The first-order valence-electron chi connectivity index (χ1n) is 3.77. The summed E-state index contributed by atoms with van der Waals surface area (Å²) in [6, 6.07) is 1.78. The molecule has 1 aromatic rings. The zero-order chi connectivity index (χ0) is 9.68. The molecule has 0 aromatic carbocycles. The molecule has 0 radical (unpaired) electrons. The fourth-order valence-corrected chi connectivity index (χ4v) is 1.75. The fraction of sp³-hybridized carbons (Fsp3) is 0.333. The maximum Gasteiger partial charge on any atom is 0.338 e. The monoisotopic (exact) mass is 195 g/mol. The third kappa shape index (κ3) is 2.56. The zero-order valence-corrected chi connectivity index (χ0v) is 8.06. The number of nitrogens with zero attached hydrogens (tertiary/aromatic N) is 1. The van der Waals surface area contributed by atoms with Crippen LogP contribution < -0.4 is 0 Å². The van der Waals surface area contributed by atoms with Crippen molar-refractivity contribution in [2.24, 2.45) is 0 Å². The number of thiophene rings is 1. The second-order valence-electron chi connectivity index (χ2n) is 2.42. The SMILES string of the molecule is [C-]#[N+]CCc1cc(C(=O)OC)cs1. The summed E-state index contributed by atoms with van der Waals surface area (Å²) >= 11 is 1.49. The van der Waals surface area contributed by atoms with Crippen LogP contribution >= 0.6 is 11.3 Å². The highest BCUT2D eigenvalue weighted by Crippen LogP contribution is 2.15. The Balaban J connectivity index is 2.64. The Kier molecular flexibility index (Phi) is 3.47. The highest BCUT2D eigenvalue weighted by atomic mass is 32.1. The van der Waals surface area contributed by atoms with Crippen molar-refractivity contribution in [1.29, 1.82) is 0 Å². The second-order valence-corrected chi connectivity index (χ2v) is 3.42. The molecule has 0 saturated carbocycles. The van der Waals surface area contributed by atoms with E-state index in [1.165, 1.54) is 18.4 Å². The van der Waals surface area contributed by atoms with E-state index in [0.717, 1.165) is 4.88 Å². The van der Waals surface area contributed by atoms with E-state index in [9.17, 15) is 4.79 Å². The molecule has 0 aliphatic rings. The highest BCUT2D eigenvalue weighted by Gasteiger charge is 2.08. The lowest BCUT2D eigenvalue weighted by Crippen LogP contribution is -1.98. The van der Waals surface area contributed by atoms with Gasteiger partial charge < -0.3 is 9.58 Å². The summed E-state index contributed by atoms with van der Waals surface area (Å²) in [6.45, 7) is 7.09. The summed E-state index contributed by atoms with van der Waals surface area (Å²) < 4.78 is 4.56. The van der Waals surface area contributed by atoms with Crippen molar-refractivity contribution in [2.45, 2.75) is 6.42 Å². The van der Waals surface area contributed by atoms with Crippen molar-refractivity contribution in [2.75, 3.05) is 13.7 Å². The molecule has 68 valence electrons. The summed E-state index contributed by atoms with van der Waals surface area (Å²) in [5.41, 5.74) is 0.576. The Morgan fingerprint density at radius 3 is 3.15 bits per heavy atom. The van der Waals surface area contributed by atoms with E-state index in [0.29, 0.717) is 18.5 Å². The van der Waals surface area contributed by atoms with Gasteiger partial charge in [0.2, 0.25) is 6.54 Å². The normalized spacial score (nSPS) is 9.23. The molecule has 0 aliphatic heterocycles. The third-order valence-electron chi connectivity index (χ3n) is 1.54. The molecule has 0 N–H and O–H groups in total. The number of ether oxygens (including phenoxy) is 1. The van der Waals surface area contributed by atoms with Crippen molar-refractivity contribution in [3.8, 4) is 0 Å². The standard InChI is InChI=1S/C9H9NO2S/c1-10-4-3-8-5-7(6-13-8)9(11)12-2/h5-6H,3-4H2,2H3. The molecule has 3 nitrogen and oxygen atoms in total. The summed E-state index contributed by atoms with van der Waals surface area (Å²) in [5.74, 6) is -0.315. The van der Waals surface area contributed by atoms with Crippen LogP contribution in [0.25, 0.3) is 4.85 Å². The number of hydrogen-bond donors (Lipinski definition) is 0. The number of carbonyl (C=O) groups excluding carboxylic acids is 1. The third-order valence-corrected chi connectivity index (χ3v) is 2.54. The quantitative estimate of drug-likeness (QED) is 0.545. The minimum atomic E-state index is -0.315. The van der Waals surface area contributed by atoms with Crippen molar-refractivity contribution in [3.63, 3.8) is 0 Å². The first-order valence-corrected chi connectivity index (χ1v) is 4.65. The van der Waals surface area contributed by atoms with Crippen LogP contribution in [-0.2, 0) is 11.2 Å². The molecule has 0 bridgehead atoms. The molecule has 0 atom stereocenters. The summed E-state index contributed by atoms with van der Waals surface area (Å²) in [7, 11) is 1.36. The van der Waals surface area contributed by atoms with E-state index in [4.69, 9.17) is 6.57 Å². The molecule has 0 aliphatic carbocycles. The first-order chi connectivity index (χ1) is 6.27. The Morgan fingerprint density at radius 1 is 1.77 bits per heavy atom. The number of rotatable bonds is 3. The average molecular weight is 195 g/mol. The van der Waals surface area contributed by atoms with E-state index in [1.54, 1.807) is 11.4 Å². The van der Waals surface area contributed by atoms with Crippen LogP contribution in [0, 0.1) is 6.57 Å². The smallest absolute Gasteiger partial charge is 0.338 e. The lowest BCUT2D eigenvalue weighted by atomic mass is 10.3. The highest BCUT2D eigenvalue weighted by molar-refractivity contribution is 7.10. The van der Waals surface area contributed by atoms with Crippen molar-refractivity contribution in [3.05, 3.63) is 33.3 Å². The fourth-order valence-electron chi connectivity index (χ4n) is 0.903. The van der Waals surface area contributed by atoms with Gasteiger partial charge in [-0.05, 0) is 6.07 Å². The van der Waals surface area contributed by atoms with Crippen molar-refractivity contribution in [1.82, 2.24) is 0 Å². The molecule has 13 heavy (non-hydrogen) atoms. The Morgan fingerprint density at radius 2 is 2.54 bits per heavy atom. The van der Waals surface area contributed by atoms with E-state index in [2.05, 4.69) is 9.58 Å². The molecule has 1 rings (SSSR count). The molecule has 0 fully saturated rings. The maximum absolute atomic E-state index is 11.0. The molecule has 0 saturated heterocycles. The van der Waals surface area contributed by atoms with Crippen molar-refractivity contribution < 1.29 is 9.53 Å². The lowest BCUT2D eigenvalue weighted by molar-refractivity contribution is 0.0601. The molecule has 1 heterocycles. The second kappa shape index (κ2) is 4.63.